The Labute approximate surface area is 172 Å². The highest BCUT2D eigenvalue weighted by atomic mass is 32.1. The highest BCUT2D eigenvalue weighted by Gasteiger charge is 2.03. The minimum atomic E-state index is -0.212. The molecule has 3 heterocycles. The van der Waals surface area contributed by atoms with E-state index in [1.54, 1.807) is 12.3 Å². The Morgan fingerprint density at radius 3 is 3.00 bits per heavy atom. The number of carbonyl (C=O) groups excluding carboxylic acids is 1. The second kappa shape index (κ2) is 7.94. The monoisotopic (exact) mass is 424 g/mol. The van der Waals surface area contributed by atoms with Gasteiger partial charge in [-0.3, -0.25) is 9.59 Å². The van der Waals surface area contributed by atoms with Gasteiger partial charge in [-0.2, -0.15) is 10.2 Å². The molecule has 29 heavy (non-hydrogen) atoms. The predicted octanol–water partition coefficient (Wildman–Crippen LogP) is 2.69. The number of nitrogens with zero attached hydrogens (tertiary/aromatic N) is 4. The lowest BCUT2D eigenvalue weighted by Crippen LogP contribution is -2.19. The fourth-order valence-electron chi connectivity index (χ4n) is 2.67. The van der Waals surface area contributed by atoms with Crippen molar-refractivity contribution in [2.45, 2.75) is 6.92 Å². The van der Waals surface area contributed by atoms with E-state index in [0.29, 0.717) is 14.3 Å². The number of thiazole rings is 2. The summed E-state index contributed by atoms with van der Waals surface area (Å²) in [6.45, 7) is 1.42. The van der Waals surface area contributed by atoms with Crippen molar-refractivity contribution in [2.75, 3.05) is 5.32 Å². The average Bonchev–Trinajstić information content (AvgIpc) is 3.36. The van der Waals surface area contributed by atoms with Gasteiger partial charge in [0.2, 0.25) is 5.91 Å². The number of rotatable bonds is 4. The van der Waals surface area contributed by atoms with Crippen molar-refractivity contribution in [3.05, 3.63) is 61.1 Å². The zero-order chi connectivity index (χ0) is 20.4. The molecule has 1 aromatic carbocycles. The number of amides is 1. The first-order chi connectivity index (χ1) is 14.0. The number of hydrogen-bond acceptors (Lipinski definition) is 7. The van der Waals surface area contributed by atoms with E-state index in [4.69, 9.17) is 0 Å². The van der Waals surface area contributed by atoms with Crippen LogP contribution in [0, 0.1) is 0 Å². The molecule has 0 atom stereocenters. The van der Waals surface area contributed by atoms with Gasteiger partial charge in [-0.25, -0.2) is 4.98 Å². The molecule has 0 aliphatic carbocycles. The average molecular weight is 425 g/mol. The Morgan fingerprint density at radius 1 is 1.31 bits per heavy atom. The van der Waals surface area contributed by atoms with Gasteiger partial charge >= 0.3 is 0 Å². The Morgan fingerprint density at radius 2 is 2.17 bits per heavy atom. The van der Waals surface area contributed by atoms with Crippen LogP contribution in [0.25, 0.3) is 23.2 Å². The normalized spacial score (nSPS) is 13.0. The minimum Gasteiger partial charge on any atom is -0.350 e. The molecule has 0 saturated heterocycles. The van der Waals surface area contributed by atoms with Crippen LogP contribution in [0.2, 0.25) is 0 Å². The number of benzene rings is 1. The summed E-state index contributed by atoms with van der Waals surface area (Å²) in [4.78, 5) is 30.9. The van der Waals surface area contributed by atoms with E-state index in [1.165, 1.54) is 35.8 Å². The lowest BCUT2D eigenvalue weighted by atomic mass is 10.2. The first kappa shape index (κ1) is 19.0. The lowest BCUT2D eigenvalue weighted by molar-refractivity contribution is -0.114. The number of aryl methyl sites for hydroxylation is 1. The number of carbonyl (C=O) groups is 1. The molecule has 0 aliphatic heterocycles. The number of H-pyrrole nitrogens is 1. The summed E-state index contributed by atoms with van der Waals surface area (Å²) >= 11 is 2.57. The van der Waals surface area contributed by atoms with E-state index >= 15 is 0 Å². The Balaban J connectivity index is 1.57. The van der Waals surface area contributed by atoms with Gasteiger partial charge in [-0.05, 0) is 29.7 Å². The number of aromatic amines is 1. The van der Waals surface area contributed by atoms with Crippen molar-refractivity contribution in [2.24, 2.45) is 17.3 Å². The van der Waals surface area contributed by atoms with Crippen molar-refractivity contribution in [3.8, 4) is 0 Å². The number of hydrogen-bond donors (Lipinski definition) is 2. The molecule has 3 aromatic heterocycles. The predicted molar refractivity (Wildman–Crippen MR) is 116 cm³/mol. The van der Waals surface area contributed by atoms with Crippen LogP contribution in [0.4, 0.5) is 10.8 Å². The maximum Gasteiger partial charge on any atom is 0.266 e. The first-order valence-electron chi connectivity index (χ1n) is 8.58. The zero-order valence-corrected chi connectivity index (χ0v) is 17.2. The van der Waals surface area contributed by atoms with E-state index in [2.05, 4.69) is 25.5 Å². The van der Waals surface area contributed by atoms with Crippen molar-refractivity contribution >= 4 is 62.6 Å². The van der Waals surface area contributed by atoms with E-state index in [-0.39, 0.29) is 11.5 Å². The Bertz CT molecular complexity index is 1410. The smallest absolute Gasteiger partial charge is 0.266 e. The van der Waals surface area contributed by atoms with Crippen LogP contribution in [0.5, 0.6) is 0 Å². The number of fused-ring (bicyclic) bond motifs is 1. The summed E-state index contributed by atoms with van der Waals surface area (Å²) < 4.78 is 3.14. The van der Waals surface area contributed by atoms with Crippen molar-refractivity contribution in [1.29, 1.82) is 0 Å². The molecule has 0 spiro atoms. The standard InChI is InChI=1S/C19H16N6O2S2/c1-11(26)22-19-20-9-14(28-19)8-16-18(27)23-17(29-16)10-21-24-13-4-3-12-5-6-25(2)15(12)7-13/h3-10H,1-2H3,(H,23,27)(H,20,22,26). The SMILES string of the molecule is CC(=O)Nc1ncc(C=c2sc(=CN=Nc3ccc4ccn(C)c4c3)[nH]c2=O)s1. The summed E-state index contributed by atoms with van der Waals surface area (Å²) in [5, 5.41) is 12.6. The van der Waals surface area contributed by atoms with Crippen LogP contribution in [-0.4, -0.2) is 20.4 Å². The van der Waals surface area contributed by atoms with Gasteiger partial charge in [0, 0.05) is 31.9 Å². The molecule has 4 rings (SSSR count). The van der Waals surface area contributed by atoms with Gasteiger partial charge in [0.1, 0.15) is 4.66 Å². The summed E-state index contributed by atoms with van der Waals surface area (Å²) in [6.07, 6.45) is 6.85. The van der Waals surface area contributed by atoms with E-state index in [0.717, 1.165) is 21.5 Å². The maximum atomic E-state index is 12.2. The molecule has 4 aromatic rings. The van der Waals surface area contributed by atoms with Gasteiger partial charge in [0.05, 0.1) is 21.3 Å². The van der Waals surface area contributed by atoms with Crippen LogP contribution < -0.4 is 20.1 Å². The number of nitrogens with one attached hydrogen (secondary N) is 2. The highest BCUT2D eigenvalue weighted by Crippen LogP contribution is 2.22. The molecule has 146 valence electrons. The molecular formula is C19H16N6O2S2. The second-order valence-electron chi connectivity index (χ2n) is 6.19. The molecule has 0 saturated carbocycles. The number of azo groups is 1. The van der Waals surface area contributed by atoms with Gasteiger partial charge in [-0.15, -0.1) is 11.3 Å². The Hall–Kier alpha value is -3.37. The number of aromatic nitrogens is 3. The number of anilines is 1. The molecule has 0 radical (unpaired) electrons. The molecular weight excluding hydrogens is 408 g/mol. The van der Waals surface area contributed by atoms with Crippen LogP contribution in [0.1, 0.15) is 11.8 Å². The Kier molecular flexibility index (Phi) is 5.19. The fourth-order valence-corrected chi connectivity index (χ4v) is 4.36. The third kappa shape index (κ3) is 4.39. The van der Waals surface area contributed by atoms with Crippen LogP contribution in [-0.2, 0) is 11.8 Å². The van der Waals surface area contributed by atoms with E-state index in [1.807, 2.05) is 42.1 Å². The topological polar surface area (TPSA) is 104 Å². The van der Waals surface area contributed by atoms with E-state index in [9.17, 15) is 9.59 Å². The summed E-state index contributed by atoms with van der Waals surface area (Å²) in [5.41, 5.74) is 1.60. The molecule has 0 aliphatic rings. The summed E-state index contributed by atoms with van der Waals surface area (Å²) in [7, 11) is 1.98. The lowest BCUT2D eigenvalue weighted by Gasteiger charge is -1.96. The fraction of sp³-hybridized carbons (Fsp3) is 0.105. The molecule has 10 heteroatoms. The van der Waals surface area contributed by atoms with Gasteiger partial charge in [0.15, 0.2) is 5.13 Å². The van der Waals surface area contributed by atoms with Gasteiger partial charge < -0.3 is 14.9 Å². The summed E-state index contributed by atoms with van der Waals surface area (Å²) in [5.74, 6) is -0.187. The molecule has 0 unspecified atom stereocenters. The minimum absolute atomic E-state index is 0.187. The van der Waals surface area contributed by atoms with E-state index < -0.39 is 0 Å². The molecule has 0 bridgehead atoms. The largest absolute Gasteiger partial charge is 0.350 e. The molecule has 2 N–H and O–H groups in total. The van der Waals surface area contributed by atoms with Crippen molar-refractivity contribution in [3.63, 3.8) is 0 Å². The molecule has 1 amide bonds. The first-order valence-corrected chi connectivity index (χ1v) is 10.2. The van der Waals surface area contributed by atoms with Crippen LogP contribution in [0.15, 0.2) is 51.7 Å². The quantitative estimate of drug-likeness (QED) is 0.492. The second-order valence-corrected chi connectivity index (χ2v) is 8.34. The van der Waals surface area contributed by atoms with Crippen LogP contribution >= 0.6 is 22.7 Å². The highest BCUT2D eigenvalue weighted by molar-refractivity contribution is 7.16. The van der Waals surface area contributed by atoms with Crippen LogP contribution in [0.3, 0.4) is 0 Å². The van der Waals surface area contributed by atoms with Crippen molar-refractivity contribution < 1.29 is 4.79 Å². The zero-order valence-electron chi connectivity index (χ0n) is 15.5. The van der Waals surface area contributed by atoms with Crippen molar-refractivity contribution in [1.82, 2.24) is 14.5 Å². The molecule has 8 nitrogen and oxygen atoms in total. The van der Waals surface area contributed by atoms with Gasteiger partial charge in [-0.1, -0.05) is 17.4 Å². The third-order valence-corrected chi connectivity index (χ3v) is 5.79. The third-order valence-electron chi connectivity index (χ3n) is 3.98. The summed E-state index contributed by atoms with van der Waals surface area (Å²) in [6, 6.07) is 7.89. The maximum absolute atomic E-state index is 12.2. The molecule has 0 fully saturated rings. The van der Waals surface area contributed by atoms with Gasteiger partial charge in [0.25, 0.3) is 5.56 Å².